The number of amides is 1. The van der Waals surface area contributed by atoms with Crippen LogP contribution >= 0.6 is 11.9 Å². The van der Waals surface area contributed by atoms with Gasteiger partial charge in [-0.15, -0.1) is 0 Å². The molecule has 4 aromatic rings. The predicted molar refractivity (Wildman–Crippen MR) is 102 cm³/mol. The molecule has 1 aliphatic heterocycles. The number of hydrogen-bond acceptors (Lipinski definition) is 5. The third-order valence-electron chi connectivity index (χ3n) is 4.35. The lowest BCUT2D eigenvalue weighted by Gasteiger charge is -2.11. The molecule has 0 unspecified atom stereocenters. The lowest BCUT2D eigenvalue weighted by atomic mass is 10.1. The summed E-state index contributed by atoms with van der Waals surface area (Å²) in [7, 11) is 0. The van der Waals surface area contributed by atoms with E-state index in [1.54, 1.807) is 18.2 Å². The van der Waals surface area contributed by atoms with Crippen LogP contribution in [0.5, 0.6) is 0 Å². The number of nitrogens with zero attached hydrogens (tertiary/aromatic N) is 2. The average Bonchev–Trinajstić information content (AvgIpc) is 3.24. The lowest BCUT2D eigenvalue weighted by molar-refractivity contribution is -0.133. The van der Waals surface area contributed by atoms with Gasteiger partial charge in [-0.05, 0) is 47.0 Å². The van der Waals surface area contributed by atoms with Crippen LogP contribution in [0.25, 0.3) is 33.3 Å². The molecule has 26 heavy (non-hydrogen) atoms. The summed E-state index contributed by atoms with van der Waals surface area (Å²) < 4.78 is 7.32. The predicted octanol–water partition coefficient (Wildman–Crippen LogP) is 4.21. The highest BCUT2D eigenvalue weighted by Crippen LogP contribution is 2.33. The van der Waals surface area contributed by atoms with Crippen molar-refractivity contribution in [3.8, 4) is 11.5 Å². The van der Waals surface area contributed by atoms with Crippen molar-refractivity contribution >= 4 is 51.2 Å². The third-order valence-corrected chi connectivity index (χ3v) is 5.38. The van der Waals surface area contributed by atoms with Gasteiger partial charge in [0.15, 0.2) is 5.58 Å². The van der Waals surface area contributed by atoms with Crippen molar-refractivity contribution in [3.05, 3.63) is 60.7 Å². The minimum Gasteiger partial charge on any atom is -0.436 e. The van der Waals surface area contributed by atoms with E-state index in [4.69, 9.17) is 4.42 Å². The molecule has 0 saturated carbocycles. The SMILES string of the molecule is O=C1CSN(c2ccc3nc(-c4ccc5ccccc5c4)oc3c2)C1=O. The Balaban J connectivity index is 1.57. The molecule has 0 atom stereocenters. The Morgan fingerprint density at radius 2 is 1.81 bits per heavy atom. The Kier molecular flexibility index (Phi) is 3.33. The van der Waals surface area contributed by atoms with Crippen LogP contribution in [0.4, 0.5) is 5.69 Å². The number of oxazole rings is 1. The van der Waals surface area contributed by atoms with Crippen molar-refractivity contribution in [2.75, 3.05) is 10.1 Å². The minimum atomic E-state index is -0.497. The maximum atomic E-state index is 11.9. The first-order valence-electron chi connectivity index (χ1n) is 8.09. The molecule has 1 fully saturated rings. The van der Waals surface area contributed by atoms with E-state index in [1.165, 1.54) is 16.3 Å². The maximum absolute atomic E-state index is 11.9. The van der Waals surface area contributed by atoms with Crippen molar-refractivity contribution in [2.24, 2.45) is 0 Å². The van der Waals surface area contributed by atoms with Crippen LogP contribution in [0.3, 0.4) is 0 Å². The normalized spacial score (nSPS) is 14.7. The smallest absolute Gasteiger partial charge is 0.305 e. The fraction of sp³-hybridized carbons (Fsp3) is 0.0500. The Hall–Kier alpha value is -3.12. The van der Waals surface area contributed by atoms with E-state index >= 15 is 0 Å². The summed E-state index contributed by atoms with van der Waals surface area (Å²) in [6.45, 7) is 0. The van der Waals surface area contributed by atoms with Gasteiger partial charge in [-0.25, -0.2) is 9.29 Å². The molecule has 1 saturated heterocycles. The van der Waals surface area contributed by atoms with E-state index in [2.05, 4.69) is 11.1 Å². The Morgan fingerprint density at radius 1 is 0.962 bits per heavy atom. The van der Waals surface area contributed by atoms with Gasteiger partial charge in [0.05, 0.1) is 11.4 Å². The van der Waals surface area contributed by atoms with Gasteiger partial charge in [-0.1, -0.05) is 30.3 Å². The molecule has 0 radical (unpaired) electrons. The van der Waals surface area contributed by atoms with E-state index in [1.807, 2.05) is 36.4 Å². The van der Waals surface area contributed by atoms with Crippen LogP contribution in [0.1, 0.15) is 0 Å². The molecule has 1 aliphatic rings. The Bertz CT molecular complexity index is 1200. The van der Waals surface area contributed by atoms with E-state index in [0.717, 1.165) is 16.3 Å². The molecule has 0 aliphatic carbocycles. The second-order valence-electron chi connectivity index (χ2n) is 6.03. The van der Waals surface area contributed by atoms with Crippen molar-refractivity contribution in [1.82, 2.24) is 4.98 Å². The molecule has 3 aromatic carbocycles. The molecule has 6 heteroatoms. The van der Waals surface area contributed by atoms with E-state index in [0.29, 0.717) is 22.7 Å². The zero-order chi connectivity index (χ0) is 17.7. The molecule has 0 spiro atoms. The van der Waals surface area contributed by atoms with Gasteiger partial charge in [0.25, 0.3) is 0 Å². The van der Waals surface area contributed by atoms with E-state index < -0.39 is 5.91 Å². The number of fused-ring (bicyclic) bond motifs is 2. The number of ketones is 1. The Labute approximate surface area is 152 Å². The van der Waals surface area contributed by atoms with Gasteiger partial charge in [0.1, 0.15) is 5.52 Å². The first kappa shape index (κ1) is 15.2. The fourth-order valence-electron chi connectivity index (χ4n) is 3.03. The molecule has 0 N–H and O–H groups in total. The first-order chi connectivity index (χ1) is 12.7. The number of anilines is 1. The highest BCUT2D eigenvalue weighted by Gasteiger charge is 2.32. The van der Waals surface area contributed by atoms with Gasteiger partial charge in [0.2, 0.25) is 11.7 Å². The Morgan fingerprint density at radius 3 is 2.62 bits per heavy atom. The summed E-state index contributed by atoms with van der Waals surface area (Å²) in [5.41, 5.74) is 2.81. The number of carbonyl (C=O) groups is 2. The van der Waals surface area contributed by atoms with Crippen LogP contribution < -0.4 is 4.31 Å². The molecular formula is C20H12N2O3S. The lowest BCUT2D eigenvalue weighted by Crippen LogP contribution is -2.22. The maximum Gasteiger partial charge on any atom is 0.305 e. The second-order valence-corrected chi connectivity index (χ2v) is 6.94. The van der Waals surface area contributed by atoms with E-state index in [-0.39, 0.29) is 11.5 Å². The molecule has 5 nitrogen and oxygen atoms in total. The minimum absolute atomic E-state index is 0.176. The quantitative estimate of drug-likeness (QED) is 0.396. The summed E-state index contributed by atoms with van der Waals surface area (Å²) in [6.07, 6.45) is 0. The summed E-state index contributed by atoms with van der Waals surface area (Å²) >= 11 is 1.20. The molecule has 1 amide bonds. The van der Waals surface area contributed by atoms with Gasteiger partial charge in [-0.3, -0.25) is 9.59 Å². The molecule has 2 heterocycles. The molecular weight excluding hydrogens is 348 g/mol. The van der Waals surface area contributed by atoms with Crippen LogP contribution in [-0.2, 0) is 9.59 Å². The summed E-state index contributed by atoms with van der Waals surface area (Å²) in [5.74, 6) is -0.178. The van der Waals surface area contributed by atoms with Crippen LogP contribution in [0.15, 0.2) is 65.1 Å². The third kappa shape index (κ3) is 2.38. The number of Topliss-reactive ketones (excluding diaryl/α,β-unsaturated/α-hetero) is 1. The molecule has 5 rings (SSSR count). The molecule has 1 aromatic heterocycles. The number of aromatic nitrogens is 1. The van der Waals surface area contributed by atoms with Gasteiger partial charge >= 0.3 is 5.91 Å². The zero-order valence-electron chi connectivity index (χ0n) is 13.5. The van der Waals surface area contributed by atoms with Gasteiger partial charge < -0.3 is 4.42 Å². The van der Waals surface area contributed by atoms with Crippen molar-refractivity contribution in [1.29, 1.82) is 0 Å². The summed E-state index contributed by atoms with van der Waals surface area (Å²) in [4.78, 5) is 27.9. The topological polar surface area (TPSA) is 63.4 Å². The van der Waals surface area contributed by atoms with Crippen LogP contribution in [0.2, 0.25) is 0 Å². The van der Waals surface area contributed by atoms with Crippen LogP contribution in [0, 0.1) is 0 Å². The largest absolute Gasteiger partial charge is 0.436 e. The number of hydrogen-bond donors (Lipinski definition) is 0. The highest BCUT2D eigenvalue weighted by atomic mass is 32.2. The van der Waals surface area contributed by atoms with Crippen LogP contribution in [-0.4, -0.2) is 22.4 Å². The van der Waals surface area contributed by atoms with Crippen molar-refractivity contribution < 1.29 is 14.0 Å². The standard InChI is InChI=1S/C20H12N2O3S/c23-17-11-26-22(20(17)24)15-7-8-16-18(10-15)25-19(21-16)14-6-5-12-3-1-2-4-13(12)9-14/h1-10H,11H2. The van der Waals surface area contributed by atoms with Gasteiger partial charge in [-0.2, -0.15) is 0 Å². The molecule has 0 bridgehead atoms. The average molecular weight is 360 g/mol. The highest BCUT2D eigenvalue weighted by molar-refractivity contribution is 8.03. The number of benzene rings is 3. The van der Waals surface area contributed by atoms with E-state index in [9.17, 15) is 9.59 Å². The monoisotopic (exact) mass is 360 g/mol. The fourth-order valence-corrected chi connectivity index (χ4v) is 3.89. The first-order valence-corrected chi connectivity index (χ1v) is 9.03. The summed E-state index contributed by atoms with van der Waals surface area (Å²) in [6, 6.07) is 19.5. The number of carbonyl (C=O) groups excluding carboxylic acids is 2. The second kappa shape index (κ2) is 5.71. The van der Waals surface area contributed by atoms with Crippen molar-refractivity contribution in [3.63, 3.8) is 0 Å². The summed E-state index contributed by atoms with van der Waals surface area (Å²) in [5, 5.41) is 2.27. The van der Waals surface area contributed by atoms with Crippen molar-refractivity contribution in [2.45, 2.75) is 0 Å². The number of rotatable bonds is 2. The van der Waals surface area contributed by atoms with Gasteiger partial charge in [0, 0.05) is 11.6 Å². The molecule has 126 valence electrons. The zero-order valence-corrected chi connectivity index (χ0v) is 14.3.